The van der Waals surface area contributed by atoms with E-state index >= 15 is 0 Å². The second-order valence-electron chi connectivity index (χ2n) is 2.50. The molecule has 0 heterocycles. The van der Waals surface area contributed by atoms with Crippen LogP contribution < -0.4 is 0 Å². The van der Waals surface area contributed by atoms with Gasteiger partial charge in [-0.25, -0.2) is 0 Å². The minimum atomic E-state index is -4.00. The molecule has 0 fully saturated rings. The summed E-state index contributed by atoms with van der Waals surface area (Å²) < 4.78 is 29.2. The van der Waals surface area contributed by atoms with Gasteiger partial charge in [0, 0.05) is 0 Å². The number of hydrogen-bond donors (Lipinski definition) is 1. The van der Waals surface area contributed by atoms with Crippen molar-refractivity contribution in [3.63, 3.8) is 0 Å². The van der Waals surface area contributed by atoms with E-state index in [9.17, 15) is 8.42 Å². The van der Waals surface area contributed by atoms with Crippen LogP contribution in [0.25, 0.3) is 0 Å². The van der Waals surface area contributed by atoms with Gasteiger partial charge in [0.2, 0.25) is 0 Å². The van der Waals surface area contributed by atoms with E-state index in [1.807, 2.05) is 0 Å². The van der Waals surface area contributed by atoms with E-state index in [-0.39, 0.29) is 4.90 Å². The maximum absolute atomic E-state index is 10.4. The predicted molar refractivity (Wildman–Crippen MR) is 52.2 cm³/mol. The van der Waals surface area contributed by atoms with E-state index in [2.05, 4.69) is 13.8 Å². The van der Waals surface area contributed by atoms with E-state index < -0.39 is 10.1 Å². The highest BCUT2D eigenvalue weighted by molar-refractivity contribution is 7.85. The molecule has 0 aromatic heterocycles. The molecule has 0 atom stereocenters. The van der Waals surface area contributed by atoms with E-state index in [4.69, 9.17) is 4.55 Å². The molecule has 1 N–H and O–H groups in total. The van der Waals surface area contributed by atoms with E-state index in [1.54, 1.807) is 18.2 Å². The highest BCUT2D eigenvalue weighted by atomic mass is 32.2. The van der Waals surface area contributed by atoms with Gasteiger partial charge in [-0.3, -0.25) is 4.55 Å². The highest BCUT2D eigenvalue weighted by Gasteiger charge is 2.05. The third-order valence-electron chi connectivity index (χ3n) is 1.04. The van der Waals surface area contributed by atoms with Gasteiger partial charge in [-0.05, 0) is 12.1 Å². The molecule has 0 saturated heterocycles. The standard InChI is InChI=1S/C6H6O3S.C3H8/c7-10(8,9)6-4-2-1-3-5-6;1-3-2/h1-5H,(H,7,8,9);3H2,1-2H3. The number of hydrogen-bond acceptors (Lipinski definition) is 2. The van der Waals surface area contributed by atoms with Crippen LogP contribution in [-0.4, -0.2) is 13.0 Å². The van der Waals surface area contributed by atoms with Crippen molar-refractivity contribution < 1.29 is 13.0 Å². The molecular formula is C9H14O3S. The van der Waals surface area contributed by atoms with Crippen molar-refractivity contribution in [2.24, 2.45) is 0 Å². The average Bonchev–Trinajstić information content (AvgIpc) is 2.06. The molecule has 0 aliphatic heterocycles. The molecule has 0 spiro atoms. The van der Waals surface area contributed by atoms with Crippen LogP contribution >= 0.6 is 0 Å². The Bertz CT molecular complexity index is 316. The third kappa shape index (κ3) is 5.38. The van der Waals surface area contributed by atoms with Crippen LogP contribution in [0.5, 0.6) is 0 Å². The Morgan fingerprint density at radius 3 is 1.77 bits per heavy atom. The zero-order valence-electron chi connectivity index (χ0n) is 7.77. The van der Waals surface area contributed by atoms with Crippen molar-refractivity contribution in [2.45, 2.75) is 25.2 Å². The summed E-state index contributed by atoms with van der Waals surface area (Å²) in [5, 5.41) is 0. The first-order valence-corrected chi connectivity index (χ1v) is 5.48. The summed E-state index contributed by atoms with van der Waals surface area (Å²) in [7, 11) is -4.00. The number of rotatable bonds is 1. The molecule has 0 aliphatic carbocycles. The first kappa shape index (κ1) is 12.1. The molecule has 4 heteroatoms. The quantitative estimate of drug-likeness (QED) is 0.711. The van der Waals surface area contributed by atoms with Gasteiger partial charge >= 0.3 is 0 Å². The van der Waals surface area contributed by atoms with Gasteiger partial charge in [0.15, 0.2) is 0 Å². The first-order valence-electron chi connectivity index (χ1n) is 4.04. The number of benzene rings is 1. The van der Waals surface area contributed by atoms with Crippen molar-refractivity contribution in [3.8, 4) is 0 Å². The Labute approximate surface area is 79.2 Å². The van der Waals surface area contributed by atoms with Crippen LogP contribution in [0.1, 0.15) is 20.3 Å². The molecule has 0 amide bonds. The summed E-state index contributed by atoms with van der Waals surface area (Å²) in [5.41, 5.74) is 0. The Morgan fingerprint density at radius 2 is 1.54 bits per heavy atom. The van der Waals surface area contributed by atoms with Gasteiger partial charge in [0.25, 0.3) is 10.1 Å². The van der Waals surface area contributed by atoms with Crippen molar-refractivity contribution in [2.75, 3.05) is 0 Å². The molecule has 0 saturated carbocycles. The Kier molecular flexibility index (Phi) is 5.34. The average molecular weight is 202 g/mol. The maximum Gasteiger partial charge on any atom is 0.294 e. The SMILES string of the molecule is CCC.O=S(=O)(O)c1ccccc1. The second-order valence-corrected chi connectivity index (χ2v) is 3.92. The van der Waals surface area contributed by atoms with Crippen LogP contribution in [0.4, 0.5) is 0 Å². The van der Waals surface area contributed by atoms with Crippen LogP contribution in [0.15, 0.2) is 35.2 Å². The van der Waals surface area contributed by atoms with Gasteiger partial charge in [-0.2, -0.15) is 8.42 Å². The smallest absolute Gasteiger partial charge is 0.282 e. The molecule has 0 bridgehead atoms. The molecule has 1 aromatic rings. The molecule has 1 rings (SSSR count). The monoisotopic (exact) mass is 202 g/mol. The molecule has 1 aromatic carbocycles. The fraction of sp³-hybridized carbons (Fsp3) is 0.333. The molecule has 3 nitrogen and oxygen atoms in total. The molecule has 0 aliphatic rings. The van der Waals surface area contributed by atoms with Crippen molar-refractivity contribution >= 4 is 10.1 Å². The van der Waals surface area contributed by atoms with E-state index in [0.717, 1.165) is 0 Å². The summed E-state index contributed by atoms with van der Waals surface area (Å²) in [6, 6.07) is 7.42. The zero-order chi connectivity index (χ0) is 10.3. The zero-order valence-corrected chi connectivity index (χ0v) is 8.58. The summed E-state index contributed by atoms with van der Waals surface area (Å²) in [6.45, 7) is 4.25. The van der Waals surface area contributed by atoms with Crippen LogP contribution in [0, 0.1) is 0 Å². The van der Waals surface area contributed by atoms with Gasteiger partial charge in [-0.15, -0.1) is 0 Å². The molecular weight excluding hydrogens is 188 g/mol. The summed E-state index contributed by atoms with van der Waals surface area (Å²) >= 11 is 0. The largest absolute Gasteiger partial charge is 0.294 e. The predicted octanol–water partition coefficient (Wildman–Crippen LogP) is 2.35. The second kappa shape index (κ2) is 5.72. The Morgan fingerprint density at radius 1 is 1.15 bits per heavy atom. The van der Waals surface area contributed by atoms with Crippen molar-refractivity contribution in [3.05, 3.63) is 30.3 Å². The molecule has 0 radical (unpaired) electrons. The lowest BCUT2D eigenvalue weighted by atomic mass is 10.4. The minimum Gasteiger partial charge on any atom is -0.282 e. The third-order valence-corrected chi connectivity index (χ3v) is 1.91. The van der Waals surface area contributed by atoms with Gasteiger partial charge in [-0.1, -0.05) is 38.5 Å². The lowest BCUT2D eigenvalue weighted by Crippen LogP contribution is -1.96. The fourth-order valence-corrected chi connectivity index (χ4v) is 1.09. The van der Waals surface area contributed by atoms with Crippen LogP contribution in [-0.2, 0) is 10.1 Å². The van der Waals surface area contributed by atoms with Crippen LogP contribution in [0.3, 0.4) is 0 Å². The van der Waals surface area contributed by atoms with E-state index in [1.165, 1.54) is 18.6 Å². The lowest BCUT2D eigenvalue weighted by molar-refractivity contribution is 0.483. The first-order chi connectivity index (χ1) is 6.02. The van der Waals surface area contributed by atoms with Gasteiger partial charge in [0.05, 0.1) is 4.90 Å². The topological polar surface area (TPSA) is 54.4 Å². The van der Waals surface area contributed by atoms with Crippen LogP contribution in [0.2, 0.25) is 0 Å². The summed E-state index contributed by atoms with van der Waals surface area (Å²) in [5.74, 6) is 0. The van der Waals surface area contributed by atoms with Crippen molar-refractivity contribution in [1.82, 2.24) is 0 Å². The molecule has 74 valence electrons. The van der Waals surface area contributed by atoms with Gasteiger partial charge < -0.3 is 0 Å². The minimum absolute atomic E-state index is 0.0741. The molecule has 0 unspecified atom stereocenters. The van der Waals surface area contributed by atoms with Crippen molar-refractivity contribution in [1.29, 1.82) is 0 Å². The lowest BCUT2D eigenvalue weighted by Gasteiger charge is -1.92. The van der Waals surface area contributed by atoms with E-state index in [0.29, 0.717) is 0 Å². The molecule has 13 heavy (non-hydrogen) atoms. The normalized spacial score (nSPS) is 10.1. The Hall–Kier alpha value is -0.870. The van der Waals surface area contributed by atoms with Gasteiger partial charge in [0.1, 0.15) is 0 Å². The highest BCUT2D eigenvalue weighted by Crippen LogP contribution is 2.05. The maximum atomic E-state index is 10.4. The fourth-order valence-electron chi connectivity index (χ4n) is 0.592. The summed E-state index contributed by atoms with van der Waals surface area (Å²) in [4.78, 5) is -0.0741. The summed E-state index contributed by atoms with van der Waals surface area (Å²) in [6.07, 6.45) is 1.25. The Balaban J connectivity index is 0.000000424.